The van der Waals surface area contributed by atoms with E-state index in [1.807, 2.05) is 26.0 Å². The van der Waals surface area contributed by atoms with Crippen molar-refractivity contribution in [2.75, 3.05) is 17.2 Å². The van der Waals surface area contributed by atoms with Crippen molar-refractivity contribution in [1.29, 1.82) is 0 Å². The lowest BCUT2D eigenvalue weighted by Crippen LogP contribution is -2.19. The predicted octanol–water partition coefficient (Wildman–Crippen LogP) is 4.19. The molecule has 3 heterocycles. The standard InChI is InChI=1S/C21H20N6O3S2/c1-3-30-16-7-5-14(6-8-16)23-19(29)24-20-25-26-21(32-20)31-12-15-10-18(28)27-11-13(2)4-9-17(27)22-15/h4-11H,3,12H2,1-2H3,(H2,23,24,25,29). The second-order valence-corrected chi connectivity index (χ2v) is 8.92. The van der Waals surface area contributed by atoms with Crippen LogP contribution in [0.15, 0.2) is 57.8 Å². The molecule has 0 aliphatic heterocycles. The SMILES string of the molecule is CCOc1ccc(NC(=O)Nc2nnc(SCc3cc(=O)n4cc(C)ccc4n3)s2)cc1. The molecule has 0 bridgehead atoms. The number of nitrogens with zero attached hydrogens (tertiary/aromatic N) is 4. The minimum atomic E-state index is -0.415. The Kier molecular flexibility index (Phi) is 6.66. The van der Waals surface area contributed by atoms with Gasteiger partial charge in [-0.25, -0.2) is 9.78 Å². The van der Waals surface area contributed by atoms with Crippen LogP contribution in [-0.2, 0) is 5.75 Å². The molecule has 4 rings (SSSR count). The summed E-state index contributed by atoms with van der Waals surface area (Å²) in [6.07, 6.45) is 1.77. The number of pyridine rings is 1. The molecule has 0 aliphatic carbocycles. The molecule has 32 heavy (non-hydrogen) atoms. The molecule has 0 unspecified atom stereocenters. The molecule has 2 amide bonds. The Bertz CT molecular complexity index is 1300. The van der Waals surface area contributed by atoms with Crippen molar-refractivity contribution in [2.24, 2.45) is 0 Å². The van der Waals surface area contributed by atoms with Crippen molar-refractivity contribution in [2.45, 2.75) is 23.9 Å². The molecule has 3 aromatic heterocycles. The maximum atomic E-state index is 12.3. The van der Waals surface area contributed by atoms with E-state index in [4.69, 9.17) is 4.74 Å². The number of ether oxygens (including phenoxy) is 1. The summed E-state index contributed by atoms with van der Waals surface area (Å²) in [5, 5.41) is 13.9. The molecule has 0 saturated heterocycles. The van der Waals surface area contributed by atoms with Crippen molar-refractivity contribution in [1.82, 2.24) is 19.6 Å². The van der Waals surface area contributed by atoms with E-state index in [1.165, 1.54) is 33.6 Å². The maximum absolute atomic E-state index is 12.3. The highest BCUT2D eigenvalue weighted by molar-refractivity contribution is 8.00. The van der Waals surface area contributed by atoms with Crippen molar-refractivity contribution in [3.05, 3.63) is 70.3 Å². The van der Waals surface area contributed by atoms with Crippen molar-refractivity contribution in [3.63, 3.8) is 0 Å². The third-order valence-electron chi connectivity index (χ3n) is 4.25. The zero-order valence-electron chi connectivity index (χ0n) is 17.4. The van der Waals surface area contributed by atoms with Crippen molar-refractivity contribution < 1.29 is 9.53 Å². The Hall–Kier alpha value is -3.44. The average molecular weight is 469 g/mol. The molecule has 164 valence electrons. The van der Waals surface area contributed by atoms with Crippen LogP contribution in [0.3, 0.4) is 0 Å². The van der Waals surface area contributed by atoms with Gasteiger partial charge in [-0.1, -0.05) is 29.2 Å². The number of aryl methyl sites for hydroxylation is 1. The van der Waals surface area contributed by atoms with Gasteiger partial charge in [0.2, 0.25) is 5.13 Å². The third kappa shape index (κ3) is 5.42. The first-order valence-electron chi connectivity index (χ1n) is 9.76. The average Bonchev–Trinajstić information content (AvgIpc) is 3.21. The van der Waals surface area contributed by atoms with Gasteiger partial charge in [-0.15, -0.1) is 10.2 Å². The smallest absolute Gasteiger partial charge is 0.325 e. The molecule has 0 radical (unpaired) electrons. The van der Waals surface area contributed by atoms with Crippen LogP contribution < -0.4 is 20.9 Å². The number of urea groups is 1. The molecule has 0 aliphatic rings. The van der Waals surface area contributed by atoms with Crippen LogP contribution in [0.5, 0.6) is 5.75 Å². The predicted molar refractivity (Wildman–Crippen MR) is 126 cm³/mol. The van der Waals surface area contributed by atoms with Crippen LogP contribution in [0.2, 0.25) is 0 Å². The van der Waals surface area contributed by atoms with Gasteiger partial charge >= 0.3 is 6.03 Å². The molecular formula is C21H20N6O3S2. The van der Waals surface area contributed by atoms with Gasteiger partial charge in [0.15, 0.2) is 4.34 Å². The lowest BCUT2D eigenvalue weighted by molar-refractivity contribution is 0.262. The van der Waals surface area contributed by atoms with E-state index in [0.717, 1.165) is 11.3 Å². The van der Waals surface area contributed by atoms with E-state index in [2.05, 4.69) is 25.8 Å². The number of hydrogen-bond donors (Lipinski definition) is 2. The first-order valence-corrected chi connectivity index (χ1v) is 11.6. The molecule has 1 aromatic carbocycles. The topological polar surface area (TPSA) is 111 Å². The van der Waals surface area contributed by atoms with Gasteiger partial charge in [-0.2, -0.15) is 0 Å². The Morgan fingerprint density at radius 1 is 1.16 bits per heavy atom. The van der Waals surface area contributed by atoms with E-state index < -0.39 is 6.03 Å². The molecule has 0 saturated carbocycles. The maximum Gasteiger partial charge on any atom is 0.325 e. The van der Waals surface area contributed by atoms with Crippen molar-refractivity contribution >= 4 is 45.6 Å². The summed E-state index contributed by atoms with van der Waals surface area (Å²) in [5.74, 6) is 1.20. The Balaban J connectivity index is 1.33. The van der Waals surface area contributed by atoms with Gasteiger partial charge in [0, 0.05) is 23.7 Å². The number of nitrogens with one attached hydrogen (secondary N) is 2. The van der Waals surface area contributed by atoms with Gasteiger partial charge in [0.1, 0.15) is 11.4 Å². The number of carbonyl (C=O) groups excluding carboxylic acids is 1. The third-order valence-corrected chi connectivity index (χ3v) is 6.26. The summed E-state index contributed by atoms with van der Waals surface area (Å²) in [6, 6.07) is 11.9. The first-order chi connectivity index (χ1) is 15.5. The fourth-order valence-electron chi connectivity index (χ4n) is 2.85. The monoisotopic (exact) mass is 468 g/mol. The van der Waals surface area contributed by atoms with Gasteiger partial charge < -0.3 is 10.1 Å². The summed E-state index contributed by atoms with van der Waals surface area (Å²) in [7, 11) is 0. The second-order valence-electron chi connectivity index (χ2n) is 6.72. The van der Waals surface area contributed by atoms with Gasteiger partial charge in [-0.3, -0.25) is 14.5 Å². The van der Waals surface area contributed by atoms with Gasteiger partial charge in [0.05, 0.1) is 12.3 Å². The number of aromatic nitrogens is 4. The minimum absolute atomic E-state index is 0.125. The number of rotatable bonds is 7. The van der Waals surface area contributed by atoms with E-state index >= 15 is 0 Å². The van der Waals surface area contributed by atoms with Gasteiger partial charge in [0.25, 0.3) is 5.56 Å². The summed E-state index contributed by atoms with van der Waals surface area (Å²) in [5.41, 5.74) is 2.75. The van der Waals surface area contributed by atoms with Crippen LogP contribution in [0.4, 0.5) is 15.6 Å². The molecule has 0 fully saturated rings. The highest BCUT2D eigenvalue weighted by Crippen LogP contribution is 2.28. The highest BCUT2D eigenvalue weighted by atomic mass is 32.2. The fraction of sp³-hybridized carbons (Fsp3) is 0.190. The molecule has 4 aromatic rings. The zero-order valence-corrected chi connectivity index (χ0v) is 19.0. The van der Waals surface area contributed by atoms with E-state index in [9.17, 15) is 9.59 Å². The summed E-state index contributed by atoms with van der Waals surface area (Å²) in [6.45, 7) is 4.42. The number of anilines is 2. The Morgan fingerprint density at radius 2 is 1.97 bits per heavy atom. The Labute approximate surface area is 191 Å². The summed E-state index contributed by atoms with van der Waals surface area (Å²) >= 11 is 2.65. The zero-order chi connectivity index (χ0) is 22.5. The number of benzene rings is 1. The molecule has 11 heteroatoms. The van der Waals surface area contributed by atoms with Crippen LogP contribution >= 0.6 is 23.1 Å². The van der Waals surface area contributed by atoms with Crippen LogP contribution in [0.25, 0.3) is 5.65 Å². The second kappa shape index (κ2) is 9.79. The largest absolute Gasteiger partial charge is 0.494 e. The van der Waals surface area contributed by atoms with Crippen LogP contribution in [-0.4, -0.2) is 32.2 Å². The summed E-state index contributed by atoms with van der Waals surface area (Å²) < 4.78 is 7.57. The fourth-order valence-corrected chi connectivity index (χ4v) is 4.49. The highest BCUT2D eigenvalue weighted by Gasteiger charge is 2.10. The lowest BCUT2D eigenvalue weighted by Gasteiger charge is -2.06. The lowest BCUT2D eigenvalue weighted by atomic mass is 10.3. The number of amides is 2. The van der Waals surface area contributed by atoms with E-state index in [-0.39, 0.29) is 5.56 Å². The molecule has 2 N–H and O–H groups in total. The quantitative estimate of drug-likeness (QED) is 0.309. The minimum Gasteiger partial charge on any atom is -0.494 e. The number of fused-ring (bicyclic) bond motifs is 1. The van der Waals surface area contributed by atoms with Crippen LogP contribution in [0.1, 0.15) is 18.2 Å². The Morgan fingerprint density at radius 3 is 2.75 bits per heavy atom. The van der Waals surface area contributed by atoms with Crippen molar-refractivity contribution in [3.8, 4) is 5.75 Å². The number of thioether (sulfide) groups is 1. The molecule has 0 spiro atoms. The van der Waals surface area contributed by atoms with Crippen LogP contribution in [0, 0.1) is 6.92 Å². The number of hydrogen-bond acceptors (Lipinski definition) is 8. The molecule has 9 nitrogen and oxygen atoms in total. The number of carbonyl (C=O) groups is 1. The van der Waals surface area contributed by atoms with Gasteiger partial charge in [-0.05, 0) is 49.7 Å². The normalized spacial score (nSPS) is 10.8. The summed E-state index contributed by atoms with van der Waals surface area (Å²) in [4.78, 5) is 29.0. The van der Waals surface area contributed by atoms with E-state index in [0.29, 0.717) is 38.9 Å². The van der Waals surface area contributed by atoms with E-state index in [1.54, 1.807) is 30.5 Å². The molecule has 0 atom stereocenters. The first kappa shape index (κ1) is 21.8. The molecular weight excluding hydrogens is 448 g/mol.